The highest BCUT2D eigenvalue weighted by Gasteiger charge is 2.35. The van der Waals surface area contributed by atoms with Crippen LogP contribution in [0, 0.1) is 0 Å². The molecular weight excluding hydrogens is 334 g/mol. The van der Waals surface area contributed by atoms with Gasteiger partial charge in [-0.1, -0.05) is 18.2 Å². The number of fused-ring (bicyclic) bond motifs is 1. The van der Waals surface area contributed by atoms with E-state index < -0.39 is 5.60 Å². The minimum atomic E-state index is -0.446. The predicted molar refractivity (Wildman–Crippen MR) is 98.2 cm³/mol. The molecule has 0 bridgehead atoms. The van der Waals surface area contributed by atoms with Crippen LogP contribution in [0.1, 0.15) is 23.5 Å². The maximum atomic E-state index is 13.1. The van der Waals surface area contributed by atoms with Crippen molar-refractivity contribution in [2.24, 2.45) is 0 Å². The van der Waals surface area contributed by atoms with E-state index in [0.29, 0.717) is 11.4 Å². The molecule has 3 heterocycles. The molecule has 0 saturated heterocycles. The second-order valence-electron chi connectivity index (χ2n) is 6.47. The van der Waals surface area contributed by atoms with E-state index in [9.17, 15) is 4.79 Å². The molecule has 4 rings (SSSR count). The molecular formula is C19H17N3O2S. The van der Waals surface area contributed by atoms with Gasteiger partial charge in [-0.15, -0.1) is 11.3 Å². The molecule has 1 aromatic carbocycles. The average Bonchev–Trinajstić information content (AvgIpc) is 3.10. The fraction of sp³-hybridized carbons (Fsp3) is 0.211. The van der Waals surface area contributed by atoms with Crippen molar-refractivity contribution in [3.8, 4) is 16.5 Å². The number of pyridine rings is 1. The van der Waals surface area contributed by atoms with Gasteiger partial charge in [0.2, 0.25) is 0 Å². The summed E-state index contributed by atoms with van der Waals surface area (Å²) < 4.78 is 5.99. The van der Waals surface area contributed by atoms with Gasteiger partial charge in [-0.25, -0.2) is 4.98 Å². The molecule has 0 unspecified atom stereocenters. The standard InChI is InChI=1S/C19H17N3O2S/c1-19(2)12-22(14-8-3-4-9-15(14)24-19)18(23)16-11-21-17(25-16)13-7-5-6-10-20-13/h3-11H,12H2,1-2H3. The molecule has 0 spiro atoms. The van der Waals surface area contributed by atoms with E-state index in [1.54, 1.807) is 17.3 Å². The molecule has 5 nitrogen and oxygen atoms in total. The Labute approximate surface area is 149 Å². The van der Waals surface area contributed by atoms with Gasteiger partial charge < -0.3 is 9.64 Å². The first kappa shape index (κ1) is 15.8. The summed E-state index contributed by atoms with van der Waals surface area (Å²) in [5.74, 6) is 0.657. The number of thiazole rings is 1. The number of benzene rings is 1. The Morgan fingerprint density at radius 1 is 1.16 bits per heavy atom. The number of nitrogens with zero attached hydrogens (tertiary/aromatic N) is 3. The van der Waals surface area contributed by atoms with Crippen molar-refractivity contribution < 1.29 is 9.53 Å². The lowest BCUT2D eigenvalue weighted by atomic mass is 10.0. The van der Waals surface area contributed by atoms with E-state index in [1.165, 1.54) is 11.3 Å². The van der Waals surface area contributed by atoms with Gasteiger partial charge in [-0.2, -0.15) is 0 Å². The highest BCUT2D eigenvalue weighted by molar-refractivity contribution is 7.17. The summed E-state index contributed by atoms with van der Waals surface area (Å²) in [5.41, 5.74) is 1.12. The zero-order valence-corrected chi connectivity index (χ0v) is 14.8. The van der Waals surface area contributed by atoms with Crippen LogP contribution in [0.15, 0.2) is 54.9 Å². The molecule has 0 saturated carbocycles. The number of anilines is 1. The van der Waals surface area contributed by atoms with Crippen LogP contribution in [0.5, 0.6) is 5.75 Å². The van der Waals surface area contributed by atoms with Crippen molar-refractivity contribution in [2.45, 2.75) is 19.4 Å². The SMILES string of the molecule is CC1(C)CN(C(=O)c2cnc(-c3ccccn3)s2)c2ccccc2O1. The summed E-state index contributed by atoms with van der Waals surface area (Å²) in [7, 11) is 0. The molecule has 3 aromatic rings. The number of carbonyl (C=O) groups is 1. The third kappa shape index (κ3) is 3.00. The highest BCUT2D eigenvalue weighted by Crippen LogP contribution is 2.38. The number of carbonyl (C=O) groups excluding carboxylic acids is 1. The highest BCUT2D eigenvalue weighted by atomic mass is 32.1. The van der Waals surface area contributed by atoms with Crippen molar-refractivity contribution in [3.63, 3.8) is 0 Å². The number of aromatic nitrogens is 2. The van der Waals surface area contributed by atoms with Crippen LogP contribution in [0.25, 0.3) is 10.7 Å². The second kappa shape index (κ2) is 5.97. The molecule has 6 heteroatoms. The quantitative estimate of drug-likeness (QED) is 0.700. The molecule has 0 atom stereocenters. The molecule has 0 fully saturated rings. The predicted octanol–water partition coefficient (Wildman–Crippen LogP) is 4.02. The number of hydrogen-bond acceptors (Lipinski definition) is 5. The van der Waals surface area contributed by atoms with E-state index in [-0.39, 0.29) is 5.91 Å². The summed E-state index contributed by atoms with van der Waals surface area (Å²) in [4.78, 5) is 24.1. The van der Waals surface area contributed by atoms with Crippen LogP contribution in [-0.4, -0.2) is 28.0 Å². The van der Waals surface area contributed by atoms with Crippen molar-refractivity contribution in [2.75, 3.05) is 11.4 Å². The van der Waals surface area contributed by atoms with Crippen molar-refractivity contribution in [1.82, 2.24) is 9.97 Å². The van der Waals surface area contributed by atoms with Crippen LogP contribution in [-0.2, 0) is 0 Å². The van der Waals surface area contributed by atoms with Crippen molar-refractivity contribution >= 4 is 22.9 Å². The fourth-order valence-corrected chi connectivity index (χ4v) is 3.70. The molecule has 25 heavy (non-hydrogen) atoms. The van der Waals surface area contributed by atoms with Crippen LogP contribution in [0.4, 0.5) is 5.69 Å². The van der Waals surface area contributed by atoms with Crippen molar-refractivity contribution in [3.05, 3.63) is 59.7 Å². The molecule has 1 aliphatic rings. The normalized spacial score (nSPS) is 15.4. The maximum Gasteiger partial charge on any atom is 0.270 e. The molecule has 1 amide bonds. The van der Waals surface area contributed by atoms with Crippen LogP contribution < -0.4 is 9.64 Å². The molecule has 1 aliphatic heterocycles. The lowest BCUT2D eigenvalue weighted by Gasteiger charge is -2.39. The number of ether oxygens (including phenoxy) is 1. The summed E-state index contributed by atoms with van der Waals surface area (Å²) in [5, 5.41) is 0.741. The lowest BCUT2D eigenvalue weighted by molar-refractivity contribution is 0.0839. The first-order chi connectivity index (χ1) is 12.0. The Balaban J connectivity index is 1.69. The van der Waals surface area contributed by atoms with E-state index >= 15 is 0 Å². The van der Waals surface area contributed by atoms with Gasteiger partial charge in [0.25, 0.3) is 5.91 Å². The van der Waals surface area contributed by atoms with E-state index in [2.05, 4.69) is 9.97 Å². The van der Waals surface area contributed by atoms with Gasteiger partial charge in [0.05, 0.1) is 24.1 Å². The van der Waals surface area contributed by atoms with Crippen LogP contribution >= 0.6 is 11.3 Å². The number of hydrogen-bond donors (Lipinski definition) is 0. The average molecular weight is 351 g/mol. The smallest absolute Gasteiger partial charge is 0.270 e. The minimum absolute atomic E-state index is 0.0662. The monoisotopic (exact) mass is 351 g/mol. The van der Waals surface area contributed by atoms with Gasteiger partial charge in [0.1, 0.15) is 21.2 Å². The molecule has 0 aliphatic carbocycles. The summed E-state index contributed by atoms with van der Waals surface area (Å²) in [6.45, 7) is 4.45. The van der Waals surface area contributed by atoms with Gasteiger partial charge >= 0.3 is 0 Å². The van der Waals surface area contributed by atoms with Gasteiger partial charge in [-0.05, 0) is 38.1 Å². The topological polar surface area (TPSA) is 55.3 Å². The van der Waals surface area contributed by atoms with Gasteiger partial charge in [0, 0.05) is 6.20 Å². The summed E-state index contributed by atoms with van der Waals surface area (Å²) in [6, 6.07) is 13.3. The molecule has 126 valence electrons. The Hall–Kier alpha value is -2.73. The van der Waals surface area contributed by atoms with Crippen LogP contribution in [0.3, 0.4) is 0 Å². The second-order valence-corrected chi connectivity index (χ2v) is 7.50. The number of amides is 1. The summed E-state index contributed by atoms with van der Waals surface area (Å²) >= 11 is 1.36. The third-order valence-corrected chi connectivity index (χ3v) is 4.93. The molecule has 2 aromatic heterocycles. The fourth-order valence-electron chi connectivity index (χ4n) is 2.86. The van der Waals surface area contributed by atoms with Crippen molar-refractivity contribution in [1.29, 1.82) is 0 Å². The molecule has 0 radical (unpaired) electrons. The van der Waals surface area contributed by atoms with E-state index in [1.807, 2.05) is 56.3 Å². The summed E-state index contributed by atoms with van der Waals surface area (Å²) in [6.07, 6.45) is 3.35. The Kier molecular flexibility index (Phi) is 3.77. The Morgan fingerprint density at radius 3 is 2.76 bits per heavy atom. The minimum Gasteiger partial charge on any atom is -0.484 e. The zero-order chi connectivity index (χ0) is 17.4. The molecule has 0 N–H and O–H groups in total. The zero-order valence-electron chi connectivity index (χ0n) is 14.0. The lowest BCUT2D eigenvalue weighted by Crippen LogP contribution is -2.49. The maximum absolute atomic E-state index is 13.1. The Morgan fingerprint density at radius 2 is 1.96 bits per heavy atom. The van der Waals surface area contributed by atoms with E-state index in [4.69, 9.17) is 4.74 Å². The third-order valence-electron chi connectivity index (χ3n) is 3.93. The Bertz CT molecular complexity index is 921. The largest absolute Gasteiger partial charge is 0.484 e. The van der Waals surface area contributed by atoms with Gasteiger partial charge in [0.15, 0.2) is 0 Å². The van der Waals surface area contributed by atoms with E-state index in [0.717, 1.165) is 22.1 Å². The van der Waals surface area contributed by atoms with Gasteiger partial charge in [-0.3, -0.25) is 9.78 Å². The number of rotatable bonds is 2. The van der Waals surface area contributed by atoms with Crippen LogP contribution in [0.2, 0.25) is 0 Å². The first-order valence-corrected chi connectivity index (χ1v) is 8.82. The number of para-hydroxylation sites is 2. The first-order valence-electron chi connectivity index (χ1n) is 8.01.